The Balaban J connectivity index is 3.58. The van der Waals surface area contributed by atoms with Gasteiger partial charge in [-0.1, -0.05) is 33.1 Å². The molecule has 0 saturated carbocycles. The van der Waals surface area contributed by atoms with Crippen LogP contribution in [0, 0.1) is 0 Å². The summed E-state index contributed by atoms with van der Waals surface area (Å²) in [6, 6.07) is 0. The lowest BCUT2D eigenvalue weighted by molar-refractivity contribution is -0.121. The fourth-order valence-electron chi connectivity index (χ4n) is 1.24. The number of hydrazone groups is 1. The van der Waals surface area contributed by atoms with E-state index >= 15 is 0 Å². The van der Waals surface area contributed by atoms with Crippen LogP contribution in [0.2, 0.25) is 0 Å². The van der Waals surface area contributed by atoms with Gasteiger partial charge < -0.3 is 0 Å². The summed E-state index contributed by atoms with van der Waals surface area (Å²) in [5, 5.41) is 4.06. The van der Waals surface area contributed by atoms with Crippen molar-refractivity contribution in [1.82, 2.24) is 5.43 Å². The van der Waals surface area contributed by atoms with Crippen LogP contribution in [0.3, 0.4) is 0 Å². The third kappa shape index (κ3) is 9.44. The van der Waals surface area contributed by atoms with E-state index in [-0.39, 0.29) is 5.91 Å². The Labute approximate surface area is 93.3 Å². The zero-order valence-electron chi connectivity index (χ0n) is 10.3. The summed E-state index contributed by atoms with van der Waals surface area (Å²) in [5.41, 5.74) is 3.61. The van der Waals surface area contributed by atoms with Gasteiger partial charge in [0, 0.05) is 12.1 Å². The van der Waals surface area contributed by atoms with Crippen LogP contribution in [-0.4, -0.2) is 11.6 Å². The Morgan fingerprint density at radius 1 is 1.07 bits per heavy atom. The van der Waals surface area contributed by atoms with Crippen LogP contribution in [0.25, 0.3) is 0 Å². The number of hydrogen-bond donors (Lipinski definition) is 1. The number of amides is 1. The molecule has 0 unspecified atom stereocenters. The normalized spacial score (nSPS) is 11.5. The van der Waals surface area contributed by atoms with E-state index in [2.05, 4.69) is 24.4 Å². The van der Waals surface area contributed by atoms with Crippen molar-refractivity contribution in [3.63, 3.8) is 0 Å². The number of nitrogens with zero attached hydrogens (tertiary/aromatic N) is 1. The maximum atomic E-state index is 11.3. The first kappa shape index (κ1) is 14.1. The molecule has 1 N–H and O–H groups in total. The molecule has 3 heteroatoms. The number of carbonyl (C=O) groups excluding carboxylic acids is 1. The zero-order chi connectivity index (χ0) is 11.5. The molecular weight excluding hydrogens is 188 g/mol. The van der Waals surface area contributed by atoms with Gasteiger partial charge in [0.05, 0.1) is 0 Å². The predicted molar refractivity (Wildman–Crippen MR) is 64.9 cm³/mol. The lowest BCUT2D eigenvalue weighted by Gasteiger charge is -2.01. The van der Waals surface area contributed by atoms with E-state index in [9.17, 15) is 4.79 Å². The minimum Gasteiger partial charge on any atom is -0.273 e. The predicted octanol–water partition coefficient (Wildman–Crippen LogP) is 3.25. The molecule has 0 aromatic carbocycles. The molecule has 0 saturated heterocycles. The van der Waals surface area contributed by atoms with Gasteiger partial charge in [-0.3, -0.25) is 4.79 Å². The molecule has 0 rings (SSSR count). The Morgan fingerprint density at radius 3 is 2.33 bits per heavy atom. The van der Waals surface area contributed by atoms with Crippen LogP contribution < -0.4 is 5.43 Å². The topological polar surface area (TPSA) is 41.5 Å². The molecule has 0 fully saturated rings. The second-order valence-corrected chi connectivity index (χ2v) is 3.94. The van der Waals surface area contributed by atoms with E-state index in [4.69, 9.17) is 0 Å². The summed E-state index contributed by atoms with van der Waals surface area (Å²) < 4.78 is 0. The summed E-state index contributed by atoms with van der Waals surface area (Å²) in [6.45, 7) is 6.24. The van der Waals surface area contributed by atoms with E-state index in [0.717, 1.165) is 44.2 Å². The molecule has 0 aliphatic rings. The number of nitrogens with one attached hydrogen (secondary N) is 1. The van der Waals surface area contributed by atoms with Gasteiger partial charge in [0.1, 0.15) is 0 Å². The first-order valence-corrected chi connectivity index (χ1v) is 6.02. The zero-order valence-corrected chi connectivity index (χ0v) is 10.3. The molecule has 0 radical (unpaired) electrons. The summed E-state index contributed by atoms with van der Waals surface area (Å²) in [7, 11) is 0. The first-order valence-electron chi connectivity index (χ1n) is 6.02. The second-order valence-electron chi connectivity index (χ2n) is 3.94. The monoisotopic (exact) mass is 212 g/mol. The van der Waals surface area contributed by atoms with Gasteiger partial charge in [-0.05, 0) is 26.2 Å². The molecule has 0 aliphatic heterocycles. The SMILES string of the molecule is CCCCCC(=O)N/N=C(\C)CCCC. The molecule has 15 heavy (non-hydrogen) atoms. The van der Waals surface area contributed by atoms with Crippen molar-refractivity contribution >= 4 is 11.6 Å². The molecule has 0 aromatic rings. The molecule has 0 atom stereocenters. The fraction of sp³-hybridized carbons (Fsp3) is 0.833. The average Bonchev–Trinajstić information content (AvgIpc) is 2.24. The first-order chi connectivity index (χ1) is 7.20. The van der Waals surface area contributed by atoms with Crippen LogP contribution in [0.4, 0.5) is 0 Å². The highest BCUT2D eigenvalue weighted by Crippen LogP contribution is 1.99. The van der Waals surface area contributed by atoms with Gasteiger partial charge in [-0.15, -0.1) is 0 Å². The lowest BCUT2D eigenvalue weighted by atomic mass is 10.2. The average molecular weight is 212 g/mol. The van der Waals surface area contributed by atoms with Gasteiger partial charge >= 0.3 is 0 Å². The molecular formula is C12H24N2O. The van der Waals surface area contributed by atoms with Gasteiger partial charge in [0.2, 0.25) is 5.91 Å². The van der Waals surface area contributed by atoms with Gasteiger partial charge in [-0.25, -0.2) is 5.43 Å². The van der Waals surface area contributed by atoms with Crippen LogP contribution >= 0.6 is 0 Å². The summed E-state index contributed by atoms with van der Waals surface area (Å²) >= 11 is 0. The Hall–Kier alpha value is -0.860. The molecule has 0 aromatic heterocycles. The summed E-state index contributed by atoms with van der Waals surface area (Å²) in [5.74, 6) is 0.0410. The van der Waals surface area contributed by atoms with Crippen LogP contribution in [0.15, 0.2) is 5.10 Å². The molecule has 88 valence electrons. The quantitative estimate of drug-likeness (QED) is 0.374. The fourth-order valence-corrected chi connectivity index (χ4v) is 1.24. The lowest BCUT2D eigenvalue weighted by Crippen LogP contribution is -2.18. The minimum absolute atomic E-state index is 0.0410. The van der Waals surface area contributed by atoms with Crippen molar-refractivity contribution in [2.24, 2.45) is 5.10 Å². The van der Waals surface area contributed by atoms with Crippen molar-refractivity contribution in [2.45, 2.75) is 65.7 Å². The Kier molecular flexibility index (Phi) is 9.13. The molecule has 3 nitrogen and oxygen atoms in total. The number of unbranched alkanes of at least 4 members (excludes halogenated alkanes) is 3. The third-order valence-electron chi connectivity index (χ3n) is 2.27. The van der Waals surface area contributed by atoms with E-state index in [0.29, 0.717) is 6.42 Å². The van der Waals surface area contributed by atoms with Crippen molar-refractivity contribution in [3.05, 3.63) is 0 Å². The van der Waals surface area contributed by atoms with E-state index in [1.165, 1.54) is 0 Å². The smallest absolute Gasteiger partial charge is 0.240 e. The van der Waals surface area contributed by atoms with Crippen LogP contribution in [-0.2, 0) is 4.79 Å². The largest absolute Gasteiger partial charge is 0.273 e. The highest BCUT2D eigenvalue weighted by atomic mass is 16.2. The Morgan fingerprint density at radius 2 is 1.73 bits per heavy atom. The van der Waals surface area contributed by atoms with E-state index in [1.54, 1.807) is 0 Å². The maximum Gasteiger partial charge on any atom is 0.240 e. The summed E-state index contributed by atoms with van der Waals surface area (Å²) in [4.78, 5) is 11.3. The van der Waals surface area contributed by atoms with Gasteiger partial charge in [0.15, 0.2) is 0 Å². The van der Waals surface area contributed by atoms with E-state index < -0.39 is 0 Å². The standard InChI is InChI=1S/C12H24N2O/c1-4-6-8-10-12(15)14-13-11(3)9-7-5-2/h4-10H2,1-3H3,(H,14,15)/b13-11+. The van der Waals surface area contributed by atoms with Crippen LogP contribution in [0.5, 0.6) is 0 Å². The molecule has 0 aliphatic carbocycles. The van der Waals surface area contributed by atoms with Crippen LogP contribution in [0.1, 0.15) is 65.7 Å². The molecule has 0 heterocycles. The van der Waals surface area contributed by atoms with Crippen molar-refractivity contribution < 1.29 is 4.79 Å². The number of carbonyl (C=O) groups is 1. The van der Waals surface area contributed by atoms with Crippen molar-refractivity contribution in [2.75, 3.05) is 0 Å². The Bertz CT molecular complexity index is 200. The third-order valence-corrected chi connectivity index (χ3v) is 2.27. The second kappa shape index (κ2) is 9.69. The highest BCUT2D eigenvalue weighted by Gasteiger charge is 1.98. The minimum atomic E-state index is 0.0410. The van der Waals surface area contributed by atoms with Crippen molar-refractivity contribution in [3.8, 4) is 0 Å². The van der Waals surface area contributed by atoms with E-state index in [1.807, 2.05) is 6.92 Å². The van der Waals surface area contributed by atoms with Gasteiger partial charge in [-0.2, -0.15) is 5.10 Å². The van der Waals surface area contributed by atoms with Gasteiger partial charge in [0.25, 0.3) is 0 Å². The maximum absolute atomic E-state index is 11.3. The van der Waals surface area contributed by atoms with Crippen molar-refractivity contribution in [1.29, 1.82) is 0 Å². The number of hydrogen-bond acceptors (Lipinski definition) is 2. The molecule has 0 spiro atoms. The number of rotatable bonds is 8. The highest BCUT2D eigenvalue weighted by molar-refractivity contribution is 5.84. The summed E-state index contributed by atoms with van der Waals surface area (Å²) in [6.07, 6.45) is 7.10. The molecule has 0 bridgehead atoms. The molecule has 1 amide bonds.